The Bertz CT molecular complexity index is 754. The van der Waals surface area contributed by atoms with E-state index in [2.05, 4.69) is 31.6 Å². The second-order valence-corrected chi connectivity index (χ2v) is 7.67. The fourth-order valence-corrected chi connectivity index (χ4v) is 3.74. The Hall–Kier alpha value is -1.80. The van der Waals surface area contributed by atoms with Crippen molar-refractivity contribution < 1.29 is 8.76 Å². The first-order chi connectivity index (χ1) is 12.7. The molecule has 0 bridgehead atoms. The van der Waals surface area contributed by atoms with Crippen molar-refractivity contribution in [3.05, 3.63) is 48.2 Å². The predicted molar refractivity (Wildman–Crippen MR) is 102 cm³/mol. The van der Waals surface area contributed by atoms with Gasteiger partial charge in [-0.2, -0.15) is 0 Å². The molecule has 1 saturated heterocycles. The minimum atomic E-state index is -2.23. The van der Waals surface area contributed by atoms with Gasteiger partial charge in [-0.25, -0.2) is 9.71 Å². The lowest BCUT2D eigenvalue weighted by Gasteiger charge is -2.35. The predicted octanol–water partition coefficient (Wildman–Crippen LogP) is 1.92. The lowest BCUT2D eigenvalue weighted by atomic mass is 10.1. The summed E-state index contributed by atoms with van der Waals surface area (Å²) in [4.78, 5) is 9.62. The summed E-state index contributed by atoms with van der Waals surface area (Å²) in [5.74, 6) is 1.04. The third-order valence-corrected chi connectivity index (χ3v) is 5.51. The zero-order chi connectivity index (χ0) is 17.9. The van der Waals surface area contributed by atoms with Crippen LogP contribution in [-0.2, 0) is 17.8 Å². The zero-order valence-corrected chi connectivity index (χ0v) is 15.5. The first kappa shape index (κ1) is 17.6. The second-order valence-electron chi connectivity index (χ2n) is 6.91. The van der Waals surface area contributed by atoms with E-state index < -0.39 is 11.3 Å². The maximum Gasteiger partial charge on any atom is 0.128 e. The molecule has 138 valence electrons. The van der Waals surface area contributed by atoms with Crippen LogP contribution in [0, 0.1) is 0 Å². The summed E-state index contributed by atoms with van der Waals surface area (Å²) < 4.78 is 23.5. The highest BCUT2D eigenvalue weighted by Crippen LogP contribution is 2.28. The molecule has 26 heavy (non-hydrogen) atoms. The number of nitrogens with one attached hydrogen (secondary N) is 1. The van der Waals surface area contributed by atoms with Crippen LogP contribution in [0.2, 0.25) is 0 Å². The Morgan fingerprint density at radius 3 is 2.31 bits per heavy atom. The number of pyridine rings is 1. The lowest BCUT2D eigenvalue weighted by molar-refractivity contribution is 0.247. The van der Waals surface area contributed by atoms with Crippen molar-refractivity contribution in [3.8, 4) is 11.1 Å². The van der Waals surface area contributed by atoms with E-state index in [9.17, 15) is 8.76 Å². The van der Waals surface area contributed by atoms with E-state index in [1.54, 1.807) is 0 Å². The van der Waals surface area contributed by atoms with E-state index in [1.165, 1.54) is 12.8 Å². The molecular weight excluding hydrogens is 348 g/mol. The fraction of sp³-hybridized carbons (Fsp3) is 0.421. The molecule has 1 aromatic heterocycles. The Morgan fingerprint density at radius 2 is 1.73 bits per heavy atom. The number of hydrogen-bond donors (Lipinski definition) is 1. The van der Waals surface area contributed by atoms with Crippen molar-refractivity contribution in [1.29, 1.82) is 0 Å². The smallest absolute Gasteiger partial charge is 0.128 e. The quantitative estimate of drug-likeness (QED) is 0.786. The summed E-state index contributed by atoms with van der Waals surface area (Å²) in [6.45, 7) is 4.67. The van der Waals surface area contributed by atoms with Gasteiger partial charge in [-0.1, -0.05) is 24.3 Å². The summed E-state index contributed by atoms with van der Waals surface area (Å²) in [7, 11) is 0. The first-order valence-corrected chi connectivity index (χ1v) is 10.1. The van der Waals surface area contributed by atoms with Crippen LogP contribution in [0.1, 0.15) is 18.4 Å². The summed E-state index contributed by atoms with van der Waals surface area (Å²) in [5, 5.41) is 0. The summed E-state index contributed by atoms with van der Waals surface area (Å²) in [6, 6.07) is 12.9. The summed E-state index contributed by atoms with van der Waals surface area (Å²) in [5.41, 5.74) is 3.07. The molecule has 4 rings (SSSR count). The van der Waals surface area contributed by atoms with Crippen LogP contribution in [-0.4, -0.2) is 50.9 Å². The molecule has 6 nitrogen and oxygen atoms in total. The third kappa shape index (κ3) is 4.29. The van der Waals surface area contributed by atoms with Gasteiger partial charge in [0.25, 0.3) is 0 Å². The van der Waals surface area contributed by atoms with E-state index in [-0.39, 0.29) is 0 Å². The molecule has 0 amide bonds. The van der Waals surface area contributed by atoms with Gasteiger partial charge in [0.1, 0.15) is 5.82 Å². The first-order valence-electron chi connectivity index (χ1n) is 9.06. The van der Waals surface area contributed by atoms with Crippen LogP contribution in [0.25, 0.3) is 11.1 Å². The van der Waals surface area contributed by atoms with Crippen molar-refractivity contribution in [2.45, 2.75) is 25.4 Å². The molecule has 7 heteroatoms. The minimum Gasteiger partial charge on any atom is -0.760 e. The number of anilines is 1. The van der Waals surface area contributed by atoms with Crippen molar-refractivity contribution in [2.75, 3.05) is 31.1 Å². The van der Waals surface area contributed by atoms with Crippen molar-refractivity contribution in [1.82, 2.24) is 14.6 Å². The Labute approximate surface area is 156 Å². The highest BCUT2D eigenvalue weighted by atomic mass is 32.2. The molecule has 1 N–H and O–H groups in total. The summed E-state index contributed by atoms with van der Waals surface area (Å²) in [6.07, 6.45) is 4.66. The lowest BCUT2D eigenvalue weighted by Crippen LogP contribution is -2.47. The van der Waals surface area contributed by atoms with Gasteiger partial charge >= 0.3 is 0 Å². The maximum absolute atomic E-state index is 10.6. The molecule has 0 spiro atoms. The standard InChI is InChI=1S/C19H24N4O2S/c24-26(25)21-13-15-1-3-16(4-2-15)17-5-8-19(20-14-17)23-11-9-22(10-12-23)18-6-7-18/h1-5,8,14,18,21H,6-7,9-13H2,(H,24,25)/p-1. The largest absolute Gasteiger partial charge is 0.760 e. The van der Waals surface area contributed by atoms with Crippen LogP contribution in [0.5, 0.6) is 0 Å². The molecule has 2 aromatic rings. The number of piperazine rings is 1. The fourth-order valence-electron chi connectivity index (χ4n) is 3.46. The normalized spacial score (nSPS) is 19.5. The van der Waals surface area contributed by atoms with Crippen LogP contribution in [0.4, 0.5) is 5.82 Å². The van der Waals surface area contributed by atoms with Gasteiger partial charge in [-0.3, -0.25) is 9.11 Å². The third-order valence-electron chi connectivity index (χ3n) is 5.13. The van der Waals surface area contributed by atoms with E-state index in [4.69, 9.17) is 0 Å². The van der Waals surface area contributed by atoms with E-state index in [0.29, 0.717) is 6.54 Å². The van der Waals surface area contributed by atoms with Crippen molar-refractivity contribution >= 4 is 17.1 Å². The van der Waals surface area contributed by atoms with Gasteiger partial charge in [-0.15, -0.1) is 0 Å². The average Bonchev–Trinajstić information content (AvgIpc) is 3.52. The number of aromatic nitrogens is 1. The maximum atomic E-state index is 10.6. The molecule has 2 fully saturated rings. The van der Waals surface area contributed by atoms with Crippen LogP contribution in [0.3, 0.4) is 0 Å². The molecule has 1 aliphatic carbocycles. The van der Waals surface area contributed by atoms with Crippen molar-refractivity contribution in [2.24, 2.45) is 0 Å². The average molecular weight is 371 g/mol. The number of benzene rings is 1. The topological polar surface area (TPSA) is 71.5 Å². The van der Waals surface area contributed by atoms with E-state index >= 15 is 0 Å². The molecule has 1 aromatic carbocycles. The Kier molecular flexibility index (Phi) is 5.31. The molecule has 2 heterocycles. The van der Waals surface area contributed by atoms with Crippen LogP contribution < -0.4 is 9.62 Å². The zero-order valence-electron chi connectivity index (χ0n) is 14.6. The molecule has 1 atom stereocenters. The summed E-state index contributed by atoms with van der Waals surface area (Å²) >= 11 is -2.23. The molecule has 0 radical (unpaired) electrons. The van der Waals surface area contributed by atoms with Crippen LogP contribution in [0.15, 0.2) is 42.6 Å². The molecule has 1 aliphatic heterocycles. The Balaban J connectivity index is 1.37. The molecule has 1 saturated carbocycles. The monoisotopic (exact) mass is 371 g/mol. The van der Waals surface area contributed by atoms with E-state index in [1.807, 2.05) is 30.5 Å². The van der Waals surface area contributed by atoms with Crippen molar-refractivity contribution in [3.63, 3.8) is 0 Å². The van der Waals surface area contributed by atoms with Gasteiger partial charge in [0.2, 0.25) is 0 Å². The highest BCUT2D eigenvalue weighted by molar-refractivity contribution is 7.77. The molecule has 1 unspecified atom stereocenters. The minimum absolute atomic E-state index is 0.306. The van der Waals surface area contributed by atoms with Gasteiger partial charge in [0.05, 0.1) is 0 Å². The van der Waals surface area contributed by atoms with E-state index in [0.717, 1.165) is 54.7 Å². The Morgan fingerprint density at radius 1 is 1.04 bits per heavy atom. The number of hydrogen-bond acceptors (Lipinski definition) is 5. The highest BCUT2D eigenvalue weighted by Gasteiger charge is 2.31. The number of rotatable bonds is 6. The second kappa shape index (κ2) is 7.84. The molecular formula is C19H23N4O2S-. The van der Waals surface area contributed by atoms with Gasteiger partial charge in [0.15, 0.2) is 0 Å². The SMILES string of the molecule is O=S([O-])NCc1ccc(-c2ccc(N3CCN(C4CC4)CC3)nc2)cc1. The number of nitrogens with zero attached hydrogens (tertiary/aromatic N) is 3. The van der Waals surface area contributed by atoms with Gasteiger partial charge < -0.3 is 9.45 Å². The van der Waals surface area contributed by atoms with Gasteiger partial charge in [-0.05, 0) is 36.1 Å². The molecule has 2 aliphatic rings. The van der Waals surface area contributed by atoms with Crippen LogP contribution >= 0.6 is 0 Å². The van der Waals surface area contributed by atoms with Gasteiger partial charge in [0, 0.05) is 61.8 Å².